The van der Waals surface area contributed by atoms with Crippen molar-refractivity contribution in [3.05, 3.63) is 0 Å². The Morgan fingerprint density at radius 2 is 2.14 bits per heavy atom. The third-order valence-electron chi connectivity index (χ3n) is 2.70. The Labute approximate surface area is 84.0 Å². The lowest BCUT2D eigenvalue weighted by atomic mass is 10.1. The molecule has 4 nitrogen and oxygen atoms in total. The summed E-state index contributed by atoms with van der Waals surface area (Å²) >= 11 is 0. The van der Waals surface area contributed by atoms with Crippen LogP contribution in [-0.2, 0) is 14.3 Å². The quantitative estimate of drug-likeness (QED) is 0.681. The average molecular weight is 199 g/mol. The molecule has 0 aromatic heterocycles. The van der Waals surface area contributed by atoms with E-state index in [0.29, 0.717) is 5.92 Å². The van der Waals surface area contributed by atoms with Crippen LogP contribution in [0, 0.1) is 11.8 Å². The highest BCUT2D eigenvalue weighted by atomic mass is 16.5. The summed E-state index contributed by atoms with van der Waals surface area (Å²) in [5.41, 5.74) is 0. The second-order valence-corrected chi connectivity index (χ2v) is 3.91. The van der Waals surface area contributed by atoms with Gasteiger partial charge in [-0.15, -0.1) is 0 Å². The van der Waals surface area contributed by atoms with E-state index in [2.05, 4.69) is 17.0 Å². The number of methoxy groups -OCH3 is 1. The molecule has 14 heavy (non-hydrogen) atoms. The third kappa shape index (κ3) is 3.01. The van der Waals surface area contributed by atoms with Crippen LogP contribution in [0.25, 0.3) is 0 Å². The molecule has 1 rings (SSSR count). The lowest BCUT2D eigenvalue weighted by Crippen LogP contribution is -2.34. The molecule has 0 bridgehead atoms. The summed E-state index contributed by atoms with van der Waals surface area (Å²) in [4.78, 5) is 22.3. The van der Waals surface area contributed by atoms with Crippen molar-refractivity contribution in [2.75, 3.05) is 13.7 Å². The Kier molecular flexibility index (Phi) is 3.92. The zero-order valence-electron chi connectivity index (χ0n) is 8.71. The maximum Gasteiger partial charge on any atom is 0.325 e. The lowest BCUT2D eigenvalue weighted by Gasteiger charge is -2.09. The highest BCUT2D eigenvalue weighted by Crippen LogP contribution is 2.30. The van der Waals surface area contributed by atoms with Crippen molar-refractivity contribution in [2.45, 2.75) is 26.2 Å². The summed E-state index contributed by atoms with van der Waals surface area (Å²) in [6, 6.07) is 0. The van der Waals surface area contributed by atoms with Crippen molar-refractivity contribution < 1.29 is 14.3 Å². The first-order chi connectivity index (χ1) is 6.63. The van der Waals surface area contributed by atoms with Crippen LogP contribution in [0.2, 0.25) is 0 Å². The molecule has 0 aromatic carbocycles. The maximum absolute atomic E-state index is 11.5. The molecule has 0 saturated heterocycles. The van der Waals surface area contributed by atoms with Gasteiger partial charge in [-0.2, -0.15) is 0 Å². The Morgan fingerprint density at radius 1 is 1.43 bits per heavy atom. The van der Waals surface area contributed by atoms with E-state index in [4.69, 9.17) is 0 Å². The molecular formula is C10H17NO3. The van der Waals surface area contributed by atoms with Crippen LogP contribution in [0.5, 0.6) is 0 Å². The Bertz CT molecular complexity index is 227. The number of rotatable bonds is 3. The fourth-order valence-electron chi connectivity index (χ4n) is 1.82. The van der Waals surface area contributed by atoms with E-state index in [9.17, 15) is 9.59 Å². The number of hydrogen-bond donors (Lipinski definition) is 1. The predicted octanol–water partition coefficient (Wildman–Crippen LogP) is 0.712. The third-order valence-corrected chi connectivity index (χ3v) is 2.70. The number of hydrogen-bond acceptors (Lipinski definition) is 3. The summed E-state index contributed by atoms with van der Waals surface area (Å²) in [6.45, 7) is 2.13. The number of amides is 1. The van der Waals surface area contributed by atoms with E-state index in [1.165, 1.54) is 7.11 Å². The van der Waals surface area contributed by atoms with Gasteiger partial charge in [-0.1, -0.05) is 6.92 Å². The van der Waals surface area contributed by atoms with Crippen molar-refractivity contribution >= 4 is 11.9 Å². The first kappa shape index (κ1) is 11.0. The Hall–Kier alpha value is -1.06. The van der Waals surface area contributed by atoms with E-state index < -0.39 is 5.97 Å². The molecule has 1 saturated carbocycles. The molecular weight excluding hydrogens is 182 g/mol. The standard InChI is InChI=1S/C10H17NO3/c1-7-3-4-8(5-7)10(13)11-6-9(12)14-2/h7-8H,3-6H2,1-2H3,(H,11,13)/t7-,8+/m1/s1. The second-order valence-electron chi connectivity index (χ2n) is 3.91. The van der Waals surface area contributed by atoms with Gasteiger partial charge in [0.05, 0.1) is 7.11 Å². The number of carbonyl (C=O) groups is 2. The highest BCUT2D eigenvalue weighted by molar-refractivity contribution is 5.83. The van der Waals surface area contributed by atoms with Crippen LogP contribution in [-0.4, -0.2) is 25.5 Å². The van der Waals surface area contributed by atoms with E-state index in [-0.39, 0.29) is 18.4 Å². The predicted molar refractivity (Wildman–Crippen MR) is 51.5 cm³/mol. The molecule has 1 N–H and O–H groups in total. The lowest BCUT2D eigenvalue weighted by molar-refractivity contribution is -0.141. The van der Waals surface area contributed by atoms with E-state index in [1.807, 2.05) is 0 Å². The van der Waals surface area contributed by atoms with E-state index in [1.54, 1.807) is 0 Å². The van der Waals surface area contributed by atoms with Crippen LogP contribution < -0.4 is 5.32 Å². The van der Waals surface area contributed by atoms with Crippen LogP contribution in [0.15, 0.2) is 0 Å². The van der Waals surface area contributed by atoms with Gasteiger partial charge in [-0.25, -0.2) is 0 Å². The van der Waals surface area contributed by atoms with Gasteiger partial charge in [0.1, 0.15) is 6.54 Å². The number of nitrogens with one attached hydrogen (secondary N) is 1. The zero-order valence-corrected chi connectivity index (χ0v) is 8.71. The highest BCUT2D eigenvalue weighted by Gasteiger charge is 2.27. The Balaban J connectivity index is 2.25. The van der Waals surface area contributed by atoms with Gasteiger partial charge in [0.2, 0.25) is 5.91 Å². The molecule has 0 heterocycles. The largest absolute Gasteiger partial charge is 0.468 e. The summed E-state index contributed by atoms with van der Waals surface area (Å²) in [5, 5.41) is 2.58. The first-order valence-electron chi connectivity index (χ1n) is 4.98. The number of carbonyl (C=O) groups excluding carboxylic acids is 2. The van der Waals surface area contributed by atoms with Crippen molar-refractivity contribution in [1.82, 2.24) is 5.32 Å². The van der Waals surface area contributed by atoms with Gasteiger partial charge in [-0.05, 0) is 25.2 Å². The van der Waals surface area contributed by atoms with Crippen LogP contribution >= 0.6 is 0 Å². The van der Waals surface area contributed by atoms with E-state index in [0.717, 1.165) is 19.3 Å². The van der Waals surface area contributed by atoms with Crippen molar-refractivity contribution in [3.8, 4) is 0 Å². The topological polar surface area (TPSA) is 55.4 Å². The van der Waals surface area contributed by atoms with Gasteiger partial charge < -0.3 is 10.1 Å². The molecule has 2 atom stereocenters. The van der Waals surface area contributed by atoms with Crippen molar-refractivity contribution in [2.24, 2.45) is 11.8 Å². The zero-order chi connectivity index (χ0) is 10.6. The van der Waals surface area contributed by atoms with Crippen LogP contribution in [0.1, 0.15) is 26.2 Å². The average Bonchev–Trinajstić information content (AvgIpc) is 2.60. The minimum atomic E-state index is -0.399. The second kappa shape index (κ2) is 4.98. The van der Waals surface area contributed by atoms with Gasteiger partial charge >= 0.3 is 5.97 Å². The molecule has 0 aromatic rings. The molecule has 0 aliphatic heterocycles. The van der Waals surface area contributed by atoms with Gasteiger partial charge in [-0.3, -0.25) is 9.59 Å². The molecule has 4 heteroatoms. The van der Waals surface area contributed by atoms with E-state index >= 15 is 0 Å². The normalized spacial score (nSPS) is 25.9. The number of ether oxygens (including phenoxy) is 1. The van der Waals surface area contributed by atoms with Crippen LogP contribution in [0.4, 0.5) is 0 Å². The monoisotopic (exact) mass is 199 g/mol. The molecule has 1 amide bonds. The number of esters is 1. The Morgan fingerprint density at radius 3 is 2.64 bits per heavy atom. The van der Waals surface area contributed by atoms with Crippen LogP contribution in [0.3, 0.4) is 0 Å². The summed E-state index contributed by atoms with van der Waals surface area (Å²) in [5.74, 6) is 0.308. The molecule has 1 aliphatic rings. The fourth-order valence-corrected chi connectivity index (χ4v) is 1.82. The minimum Gasteiger partial charge on any atom is -0.468 e. The van der Waals surface area contributed by atoms with Gasteiger partial charge in [0.15, 0.2) is 0 Å². The van der Waals surface area contributed by atoms with Gasteiger partial charge in [0, 0.05) is 5.92 Å². The van der Waals surface area contributed by atoms with Crippen molar-refractivity contribution in [3.63, 3.8) is 0 Å². The SMILES string of the molecule is COC(=O)CNC(=O)[C@H]1CC[C@@H](C)C1. The maximum atomic E-state index is 11.5. The molecule has 80 valence electrons. The molecule has 1 aliphatic carbocycles. The minimum absolute atomic E-state index is 0.0137. The molecule has 0 spiro atoms. The van der Waals surface area contributed by atoms with Crippen molar-refractivity contribution in [1.29, 1.82) is 0 Å². The van der Waals surface area contributed by atoms with Gasteiger partial charge in [0.25, 0.3) is 0 Å². The molecule has 0 unspecified atom stereocenters. The molecule has 0 radical (unpaired) electrons. The smallest absolute Gasteiger partial charge is 0.325 e. The summed E-state index contributed by atoms with van der Waals surface area (Å²) < 4.78 is 4.43. The summed E-state index contributed by atoms with van der Waals surface area (Å²) in [6.07, 6.45) is 2.98. The molecule has 1 fully saturated rings. The summed E-state index contributed by atoms with van der Waals surface area (Å²) in [7, 11) is 1.31. The fraction of sp³-hybridized carbons (Fsp3) is 0.800. The first-order valence-corrected chi connectivity index (χ1v) is 4.98.